The molecule has 0 saturated heterocycles. The summed E-state index contributed by atoms with van der Waals surface area (Å²) in [7, 11) is 0. The first-order chi connectivity index (χ1) is 7.24. The van der Waals surface area contributed by atoms with Gasteiger partial charge >= 0.3 is 0 Å². The van der Waals surface area contributed by atoms with Crippen molar-refractivity contribution >= 4 is 0 Å². The molecule has 2 aliphatic rings. The lowest BCUT2D eigenvalue weighted by molar-refractivity contribution is -0.154. The van der Waals surface area contributed by atoms with Gasteiger partial charge in [-0.3, -0.25) is 0 Å². The van der Waals surface area contributed by atoms with Crippen LogP contribution in [0.4, 0.5) is 0 Å². The molecule has 4 unspecified atom stereocenters. The highest BCUT2D eigenvalue weighted by molar-refractivity contribution is 5.16. The summed E-state index contributed by atoms with van der Waals surface area (Å²) in [6.07, 6.45) is 5.64. The number of fused-ring (bicyclic) bond motifs is 1. The maximum absolute atomic E-state index is 5.72. The van der Waals surface area contributed by atoms with E-state index in [-0.39, 0.29) is 6.29 Å². The van der Waals surface area contributed by atoms with Crippen molar-refractivity contribution in [2.24, 2.45) is 17.8 Å². The molecule has 0 radical (unpaired) electrons. The molecule has 1 fully saturated rings. The van der Waals surface area contributed by atoms with Crippen LogP contribution in [-0.2, 0) is 9.47 Å². The SMILES string of the molecule is CCCOC1OC=C2C(C)CCC2C1C. The summed E-state index contributed by atoms with van der Waals surface area (Å²) in [6, 6.07) is 0. The molecule has 1 aliphatic carbocycles. The number of allylic oxidation sites excluding steroid dienone is 1. The summed E-state index contributed by atoms with van der Waals surface area (Å²) in [6.45, 7) is 7.50. The van der Waals surface area contributed by atoms with E-state index in [1.807, 2.05) is 6.26 Å². The molecule has 15 heavy (non-hydrogen) atoms. The van der Waals surface area contributed by atoms with Crippen LogP contribution in [0.2, 0.25) is 0 Å². The zero-order chi connectivity index (χ0) is 10.8. The van der Waals surface area contributed by atoms with Gasteiger partial charge in [0.1, 0.15) is 0 Å². The van der Waals surface area contributed by atoms with Gasteiger partial charge < -0.3 is 9.47 Å². The van der Waals surface area contributed by atoms with E-state index in [2.05, 4.69) is 20.8 Å². The molecule has 1 aliphatic heterocycles. The zero-order valence-electron chi connectivity index (χ0n) is 10.0. The van der Waals surface area contributed by atoms with Crippen molar-refractivity contribution < 1.29 is 9.47 Å². The molecule has 0 amide bonds. The van der Waals surface area contributed by atoms with Crippen LogP contribution in [0.25, 0.3) is 0 Å². The fourth-order valence-corrected chi connectivity index (χ4v) is 2.78. The lowest BCUT2D eigenvalue weighted by Crippen LogP contribution is -2.33. The van der Waals surface area contributed by atoms with Crippen LogP contribution in [0.15, 0.2) is 11.8 Å². The topological polar surface area (TPSA) is 18.5 Å². The van der Waals surface area contributed by atoms with Crippen molar-refractivity contribution in [2.45, 2.75) is 46.3 Å². The molecule has 1 saturated carbocycles. The molecule has 86 valence electrons. The Morgan fingerprint density at radius 2 is 2.20 bits per heavy atom. The normalized spacial score (nSPS) is 39.5. The van der Waals surface area contributed by atoms with Crippen LogP contribution in [0.1, 0.15) is 40.0 Å². The second-order valence-corrected chi connectivity index (χ2v) is 4.94. The minimum atomic E-state index is -0.0102. The van der Waals surface area contributed by atoms with Gasteiger partial charge in [-0.25, -0.2) is 0 Å². The van der Waals surface area contributed by atoms with Crippen LogP contribution in [0.5, 0.6) is 0 Å². The largest absolute Gasteiger partial charge is 0.472 e. The molecule has 2 nitrogen and oxygen atoms in total. The monoisotopic (exact) mass is 210 g/mol. The first-order valence-electron chi connectivity index (χ1n) is 6.21. The zero-order valence-corrected chi connectivity index (χ0v) is 10.0. The maximum atomic E-state index is 5.72. The summed E-state index contributed by atoms with van der Waals surface area (Å²) in [4.78, 5) is 0. The van der Waals surface area contributed by atoms with E-state index >= 15 is 0 Å². The van der Waals surface area contributed by atoms with E-state index in [0.29, 0.717) is 17.8 Å². The quantitative estimate of drug-likeness (QED) is 0.711. The van der Waals surface area contributed by atoms with Crippen LogP contribution in [0, 0.1) is 17.8 Å². The summed E-state index contributed by atoms with van der Waals surface area (Å²) < 4.78 is 11.4. The second-order valence-electron chi connectivity index (χ2n) is 4.94. The lowest BCUT2D eigenvalue weighted by Gasteiger charge is -2.33. The summed E-state index contributed by atoms with van der Waals surface area (Å²) >= 11 is 0. The van der Waals surface area contributed by atoms with E-state index in [4.69, 9.17) is 9.47 Å². The molecule has 0 aromatic heterocycles. The lowest BCUT2D eigenvalue weighted by atomic mass is 9.86. The van der Waals surface area contributed by atoms with Gasteiger partial charge in [0.25, 0.3) is 0 Å². The average molecular weight is 210 g/mol. The Labute approximate surface area is 92.6 Å². The van der Waals surface area contributed by atoms with Crippen molar-refractivity contribution in [3.05, 3.63) is 11.8 Å². The number of ether oxygens (including phenoxy) is 2. The molecule has 0 aromatic rings. The van der Waals surface area contributed by atoms with Crippen molar-refractivity contribution in [1.29, 1.82) is 0 Å². The van der Waals surface area contributed by atoms with E-state index < -0.39 is 0 Å². The van der Waals surface area contributed by atoms with E-state index in [0.717, 1.165) is 13.0 Å². The Morgan fingerprint density at radius 3 is 2.93 bits per heavy atom. The Bertz CT molecular complexity index is 247. The third kappa shape index (κ3) is 2.05. The molecule has 0 aromatic carbocycles. The highest BCUT2D eigenvalue weighted by Gasteiger charge is 2.39. The molecule has 0 spiro atoms. The third-order valence-electron chi connectivity index (χ3n) is 3.80. The Hall–Kier alpha value is -0.500. The predicted molar refractivity (Wildman–Crippen MR) is 60.3 cm³/mol. The van der Waals surface area contributed by atoms with Crippen molar-refractivity contribution in [1.82, 2.24) is 0 Å². The van der Waals surface area contributed by atoms with Gasteiger partial charge in [0.15, 0.2) is 0 Å². The van der Waals surface area contributed by atoms with Gasteiger partial charge in [0, 0.05) is 5.92 Å². The Kier molecular flexibility index (Phi) is 3.35. The standard InChI is InChI=1S/C13H22O2/c1-4-7-14-13-10(3)11-6-5-9(2)12(11)8-15-13/h8-11,13H,4-7H2,1-3H3. The fraction of sp³-hybridized carbons (Fsp3) is 0.846. The molecule has 2 rings (SSSR count). The van der Waals surface area contributed by atoms with E-state index in [1.165, 1.54) is 18.4 Å². The smallest absolute Gasteiger partial charge is 0.202 e. The fourth-order valence-electron chi connectivity index (χ4n) is 2.78. The van der Waals surface area contributed by atoms with Gasteiger partial charge in [-0.1, -0.05) is 20.8 Å². The minimum absolute atomic E-state index is 0.0102. The van der Waals surface area contributed by atoms with Crippen LogP contribution < -0.4 is 0 Å². The van der Waals surface area contributed by atoms with E-state index in [1.54, 1.807) is 0 Å². The molecule has 2 heteroatoms. The van der Waals surface area contributed by atoms with Gasteiger partial charge in [0.05, 0.1) is 12.9 Å². The van der Waals surface area contributed by atoms with Crippen LogP contribution in [-0.4, -0.2) is 12.9 Å². The van der Waals surface area contributed by atoms with Gasteiger partial charge in [-0.05, 0) is 36.7 Å². The minimum Gasteiger partial charge on any atom is -0.472 e. The van der Waals surface area contributed by atoms with Gasteiger partial charge in [-0.15, -0.1) is 0 Å². The highest BCUT2D eigenvalue weighted by Crippen LogP contribution is 2.44. The predicted octanol–water partition coefficient (Wildman–Crippen LogP) is 3.34. The Morgan fingerprint density at radius 1 is 1.40 bits per heavy atom. The van der Waals surface area contributed by atoms with Crippen LogP contribution >= 0.6 is 0 Å². The molecule has 0 bridgehead atoms. The van der Waals surface area contributed by atoms with Crippen LogP contribution in [0.3, 0.4) is 0 Å². The first-order valence-corrected chi connectivity index (χ1v) is 6.21. The van der Waals surface area contributed by atoms with Gasteiger partial charge in [0.2, 0.25) is 6.29 Å². The molecular formula is C13H22O2. The highest BCUT2D eigenvalue weighted by atomic mass is 16.7. The number of rotatable bonds is 3. The molecule has 4 atom stereocenters. The summed E-state index contributed by atoms with van der Waals surface area (Å²) in [5.74, 6) is 1.93. The van der Waals surface area contributed by atoms with Crippen molar-refractivity contribution in [3.8, 4) is 0 Å². The number of hydrogen-bond donors (Lipinski definition) is 0. The Balaban J connectivity index is 2.01. The third-order valence-corrected chi connectivity index (χ3v) is 3.80. The summed E-state index contributed by atoms with van der Waals surface area (Å²) in [5, 5.41) is 0. The average Bonchev–Trinajstić information content (AvgIpc) is 2.61. The molecular weight excluding hydrogens is 188 g/mol. The summed E-state index contributed by atoms with van der Waals surface area (Å²) in [5.41, 5.74) is 1.51. The molecule has 1 heterocycles. The van der Waals surface area contributed by atoms with Gasteiger partial charge in [-0.2, -0.15) is 0 Å². The number of hydrogen-bond acceptors (Lipinski definition) is 2. The second kappa shape index (κ2) is 4.56. The maximum Gasteiger partial charge on any atom is 0.202 e. The first kappa shape index (κ1) is 11.0. The molecule has 0 N–H and O–H groups in total. The van der Waals surface area contributed by atoms with Crippen molar-refractivity contribution in [3.63, 3.8) is 0 Å². The van der Waals surface area contributed by atoms with Crippen molar-refractivity contribution in [2.75, 3.05) is 6.61 Å². The van der Waals surface area contributed by atoms with E-state index in [9.17, 15) is 0 Å².